The fraction of sp³-hybridized carbons (Fsp3) is 0.857. The second kappa shape index (κ2) is 44.7. The zero-order chi connectivity index (χ0) is 43.3. The maximum absolute atomic E-state index is 12.9. The lowest BCUT2D eigenvalue weighted by molar-refractivity contribution is -0.124. The molecule has 0 aromatic rings. The van der Waals surface area contributed by atoms with E-state index in [0.717, 1.165) is 44.9 Å². The van der Waals surface area contributed by atoms with Gasteiger partial charge in [0.2, 0.25) is 5.91 Å². The van der Waals surface area contributed by atoms with Gasteiger partial charge in [-0.2, -0.15) is 0 Å². The summed E-state index contributed by atoms with van der Waals surface area (Å²) < 4.78 is 22.1. The Bertz CT molecular complexity index is 1040. The Labute approximate surface area is 363 Å². The Morgan fingerprint density at radius 2 is 0.966 bits per heavy atom. The number of nitrogens with two attached hydrogens (primary N) is 1. The minimum atomic E-state index is -4.41. The molecule has 1 amide bonds. The van der Waals surface area contributed by atoms with Crippen LogP contribution in [0.25, 0.3) is 0 Å². The lowest BCUT2D eigenvalue weighted by Crippen LogP contribution is -2.46. The maximum atomic E-state index is 12.9. The molecule has 0 radical (unpaired) electrons. The average Bonchev–Trinajstić information content (AvgIpc) is 3.21. The number of aliphatic hydroxyl groups is 2. The van der Waals surface area contributed by atoms with Gasteiger partial charge in [0.05, 0.1) is 37.9 Å². The van der Waals surface area contributed by atoms with Gasteiger partial charge in [0.1, 0.15) is 0 Å². The minimum absolute atomic E-state index is 0.0430. The van der Waals surface area contributed by atoms with Crippen LogP contribution in [0.2, 0.25) is 0 Å². The molecule has 0 bridgehead atoms. The Hall–Kier alpha value is -1.32. The fourth-order valence-electron chi connectivity index (χ4n) is 7.27. The number of hydrogen-bond acceptors (Lipinski definition) is 7. The largest absolute Gasteiger partial charge is 0.472 e. The van der Waals surface area contributed by atoms with Gasteiger partial charge in [-0.25, -0.2) is 4.57 Å². The molecule has 9 nitrogen and oxygen atoms in total. The highest BCUT2D eigenvalue weighted by molar-refractivity contribution is 7.47. The molecule has 0 saturated heterocycles. The number of amides is 1. The van der Waals surface area contributed by atoms with Crippen LogP contribution < -0.4 is 11.1 Å². The van der Waals surface area contributed by atoms with Crippen LogP contribution in [0, 0.1) is 0 Å². The summed E-state index contributed by atoms with van der Waals surface area (Å²) in [7, 11) is -4.41. The molecule has 0 heterocycles. The first-order valence-corrected chi connectivity index (χ1v) is 26.2. The van der Waals surface area contributed by atoms with Crippen LogP contribution in [-0.4, -0.2) is 59.0 Å². The Morgan fingerprint density at radius 3 is 1.41 bits per heavy atom. The number of rotatable bonds is 46. The summed E-state index contributed by atoms with van der Waals surface area (Å²) in [6.07, 6.45) is 51.0. The lowest BCUT2D eigenvalue weighted by Gasteiger charge is -2.24. The van der Waals surface area contributed by atoms with Crippen LogP contribution in [0.3, 0.4) is 0 Å². The van der Waals surface area contributed by atoms with Crippen LogP contribution in [0.15, 0.2) is 36.5 Å². The molecule has 0 aliphatic rings. The number of carbonyl (C=O) groups is 1. The summed E-state index contributed by atoms with van der Waals surface area (Å²) in [6, 6.07) is -1.00. The number of carbonyl (C=O) groups excluding carboxylic acids is 1. The molecule has 0 fully saturated rings. The van der Waals surface area contributed by atoms with Gasteiger partial charge in [0, 0.05) is 6.54 Å². The topological polar surface area (TPSA) is 151 Å². The SMILES string of the molecule is CCCCCCCCC/C=C/CC/C=C/CC/C=C/C(O)C(COP(=O)(O)OCCN)NC(=O)CC(O)CCCCCCCCCCCCCCCCCCCCCC. The number of aliphatic hydroxyl groups excluding tert-OH is 2. The van der Waals surface area contributed by atoms with Gasteiger partial charge in [-0.1, -0.05) is 217 Å². The zero-order valence-electron chi connectivity index (χ0n) is 38.4. The highest BCUT2D eigenvalue weighted by Crippen LogP contribution is 2.43. The predicted octanol–water partition coefficient (Wildman–Crippen LogP) is 13.3. The van der Waals surface area contributed by atoms with Crippen LogP contribution >= 0.6 is 7.82 Å². The molecule has 0 spiro atoms. The van der Waals surface area contributed by atoms with E-state index in [1.54, 1.807) is 6.08 Å². The van der Waals surface area contributed by atoms with E-state index in [1.165, 1.54) is 154 Å². The predicted molar refractivity (Wildman–Crippen MR) is 250 cm³/mol. The number of allylic oxidation sites excluding steroid dienone is 5. The quantitative estimate of drug-likeness (QED) is 0.0231. The van der Waals surface area contributed by atoms with Crippen LogP contribution in [-0.2, 0) is 18.4 Å². The molecule has 0 aliphatic heterocycles. The van der Waals surface area contributed by atoms with Crippen molar-refractivity contribution in [1.29, 1.82) is 0 Å². The van der Waals surface area contributed by atoms with E-state index in [-0.39, 0.29) is 19.6 Å². The van der Waals surface area contributed by atoms with Crippen molar-refractivity contribution in [3.05, 3.63) is 36.5 Å². The first-order valence-electron chi connectivity index (χ1n) is 24.7. The zero-order valence-corrected chi connectivity index (χ0v) is 39.3. The van der Waals surface area contributed by atoms with E-state index in [4.69, 9.17) is 14.8 Å². The Morgan fingerprint density at radius 1 is 0.576 bits per heavy atom. The van der Waals surface area contributed by atoms with Gasteiger partial charge in [-0.05, 0) is 44.9 Å². The Balaban J connectivity index is 4.25. The van der Waals surface area contributed by atoms with Crippen molar-refractivity contribution in [3.63, 3.8) is 0 Å². The van der Waals surface area contributed by atoms with E-state index in [9.17, 15) is 24.5 Å². The van der Waals surface area contributed by atoms with E-state index in [2.05, 4.69) is 43.5 Å². The molecule has 10 heteroatoms. The molecule has 0 aromatic carbocycles. The maximum Gasteiger partial charge on any atom is 0.472 e. The first kappa shape index (κ1) is 57.7. The average molecular weight is 855 g/mol. The monoisotopic (exact) mass is 855 g/mol. The summed E-state index contributed by atoms with van der Waals surface area (Å²) in [5.74, 6) is -0.457. The summed E-state index contributed by atoms with van der Waals surface area (Å²) >= 11 is 0. The molecule has 59 heavy (non-hydrogen) atoms. The molecule has 348 valence electrons. The molecule has 4 unspecified atom stereocenters. The van der Waals surface area contributed by atoms with Crippen LogP contribution in [0.4, 0.5) is 0 Å². The first-order chi connectivity index (χ1) is 28.8. The smallest absolute Gasteiger partial charge is 0.393 e. The van der Waals surface area contributed by atoms with Crippen molar-refractivity contribution >= 4 is 13.7 Å². The van der Waals surface area contributed by atoms with Gasteiger partial charge in [0.25, 0.3) is 0 Å². The number of phosphoric acid groups is 1. The molecule has 4 atom stereocenters. The van der Waals surface area contributed by atoms with Crippen molar-refractivity contribution in [3.8, 4) is 0 Å². The van der Waals surface area contributed by atoms with E-state index < -0.39 is 38.6 Å². The van der Waals surface area contributed by atoms with Crippen molar-refractivity contribution in [2.24, 2.45) is 5.73 Å². The third-order valence-electron chi connectivity index (χ3n) is 11.0. The highest BCUT2D eigenvalue weighted by Gasteiger charge is 2.27. The second-order valence-electron chi connectivity index (χ2n) is 16.9. The fourth-order valence-corrected chi connectivity index (χ4v) is 8.03. The molecule has 6 N–H and O–H groups in total. The van der Waals surface area contributed by atoms with E-state index in [0.29, 0.717) is 12.8 Å². The van der Waals surface area contributed by atoms with E-state index in [1.807, 2.05) is 6.08 Å². The molecule has 0 rings (SSSR count). The highest BCUT2D eigenvalue weighted by atomic mass is 31.2. The van der Waals surface area contributed by atoms with Gasteiger partial charge in [0.15, 0.2) is 0 Å². The summed E-state index contributed by atoms with van der Waals surface area (Å²) in [5, 5.41) is 24.1. The van der Waals surface area contributed by atoms with E-state index >= 15 is 0 Å². The molecular formula is C49H95N2O7P. The van der Waals surface area contributed by atoms with Crippen LogP contribution in [0.5, 0.6) is 0 Å². The number of nitrogens with one attached hydrogen (secondary N) is 1. The van der Waals surface area contributed by atoms with Crippen molar-refractivity contribution in [2.75, 3.05) is 19.8 Å². The summed E-state index contributed by atoms with van der Waals surface area (Å²) in [5.41, 5.74) is 5.37. The summed E-state index contributed by atoms with van der Waals surface area (Å²) in [6.45, 7) is 3.96. The Kier molecular flexibility index (Phi) is 43.7. The second-order valence-corrected chi connectivity index (χ2v) is 18.3. The molecule has 0 aliphatic carbocycles. The van der Waals surface area contributed by atoms with Gasteiger partial charge in [-0.3, -0.25) is 13.8 Å². The summed E-state index contributed by atoms with van der Waals surface area (Å²) in [4.78, 5) is 22.8. The number of unbranched alkanes of at least 4 members (excludes halogenated alkanes) is 28. The van der Waals surface area contributed by atoms with Gasteiger partial charge < -0.3 is 26.2 Å². The third kappa shape index (κ3) is 43.1. The van der Waals surface area contributed by atoms with Gasteiger partial charge >= 0.3 is 7.82 Å². The van der Waals surface area contributed by atoms with Crippen LogP contribution in [0.1, 0.15) is 232 Å². The normalized spacial score (nSPS) is 14.7. The lowest BCUT2D eigenvalue weighted by atomic mass is 10.0. The van der Waals surface area contributed by atoms with Crippen molar-refractivity contribution in [2.45, 2.75) is 250 Å². The molecule has 0 aromatic heterocycles. The molecular weight excluding hydrogens is 760 g/mol. The van der Waals surface area contributed by atoms with Crippen molar-refractivity contribution < 1.29 is 33.5 Å². The number of phosphoric ester groups is 1. The molecule has 0 saturated carbocycles. The third-order valence-corrected chi connectivity index (χ3v) is 12.0. The standard InChI is InChI=1S/C49H95N2O7P/c1-3-5-7-9-11-13-15-17-19-21-22-23-25-26-28-30-32-34-36-38-40-46(52)44-49(54)51-47(45-58-59(55,56)57-43-42-50)48(53)41-39-37-35-33-31-29-27-24-20-18-16-14-12-10-8-6-4-2/h20,24,31,33,39,41,46-48,52-53H,3-19,21-23,25-30,32,34-38,40,42-45,50H2,1-2H3,(H,51,54)(H,55,56)/b24-20+,33-31+,41-39+. The number of hydrogen-bond donors (Lipinski definition) is 5. The van der Waals surface area contributed by atoms with Crippen molar-refractivity contribution in [1.82, 2.24) is 5.32 Å². The van der Waals surface area contributed by atoms with Gasteiger partial charge in [-0.15, -0.1) is 0 Å². The minimum Gasteiger partial charge on any atom is -0.393 e.